The second kappa shape index (κ2) is 12.6. The topological polar surface area (TPSA) is 33.5 Å². The second-order valence-corrected chi connectivity index (χ2v) is 14.4. The Morgan fingerprint density at radius 2 is 1.25 bits per heavy atom. The summed E-state index contributed by atoms with van der Waals surface area (Å²) in [6, 6.07) is 49.1. The van der Waals surface area contributed by atoms with E-state index in [-0.39, 0.29) is 12.0 Å². The van der Waals surface area contributed by atoms with Crippen LogP contribution in [0.25, 0.3) is 73.1 Å². The molecule has 0 spiro atoms. The number of aromatic nitrogens is 4. The summed E-state index contributed by atoms with van der Waals surface area (Å²) >= 11 is 0. The molecule has 3 aromatic heterocycles. The van der Waals surface area contributed by atoms with Gasteiger partial charge >= 0.3 is 0 Å². The number of benzene rings is 5. The Balaban J connectivity index is 1.31. The second-order valence-electron chi connectivity index (χ2n) is 14.4. The standard InChI is InChI=1S/C49H38N4/c1-32-17-19-35(20-18-32)36-21-22-39(48-47(36)50-24-25-51-48)42-31-43-44(30-41(42)34-11-4-3-5-12-34)49-40(15-10-27-52-26-9-8-16-45(43)52)37-13-6-7-14-38(37)46-29-33(2)23-28-53(46)49/h3-14,16-31,40,49H,15H2,1-2H3/q+2/b27-10+. The van der Waals surface area contributed by atoms with Crippen molar-refractivity contribution in [2.24, 2.45) is 0 Å². The van der Waals surface area contributed by atoms with Crippen LogP contribution in [-0.2, 0) is 0 Å². The molecule has 2 aliphatic heterocycles. The zero-order chi connectivity index (χ0) is 35.5. The summed E-state index contributed by atoms with van der Waals surface area (Å²) in [5.74, 6) is 0.228. The van der Waals surface area contributed by atoms with Crippen LogP contribution in [0.1, 0.15) is 40.6 Å². The van der Waals surface area contributed by atoms with E-state index in [1.807, 2.05) is 12.4 Å². The van der Waals surface area contributed by atoms with Crippen LogP contribution in [0.2, 0.25) is 0 Å². The van der Waals surface area contributed by atoms with E-state index < -0.39 is 0 Å². The van der Waals surface area contributed by atoms with Crippen molar-refractivity contribution < 1.29 is 9.13 Å². The first-order valence-electron chi connectivity index (χ1n) is 18.5. The Bertz CT molecular complexity index is 2730. The van der Waals surface area contributed by atoms with E-state index >= 15 is 0 Å². The number of hydrogen-bond donors (Lipinski definition) is 0. The van der Waals surface area contributed by atoms with Crippen molar-refractivity contribution in [1.29, 1.82) is 0 Å². The molecule has 0 saturated heterocycles. The molecule has 5 aromatic carbocycles. The van der Waals surface area contributed by atoms with Crippen LogP contribution in [0.15, 0.2) is 164 Å². The Hall–Kier alpha value is -6.52. The largest absolute Gasteiger partial charge is 0.252 e. The molecule has 8 aromatic rings. The van der Waals surface area contributed by atoms with Crippen LogP contribution in [0.4, 0.5) is 0 Å². The fraction of sp³-hybridized carbons (Fsp3) is 0.102. The van der Waals surface area contributed by atoms with Crippen molar-refractivity contribution in [2.75, 3.05) is 0 Å². The van der Waals surface area contributed by atoms with Crippen LogP contribution >= 0.6 is 0 Å². The fourth-order valence-electron chi connectivity index (χ4n) is 8.65. The highest BCUT2D eigenvalue weighted by Gasteiger charge is 2.43. The molecule has 5 heterocycles. The van der Waals surface area contributed by atoms with Crippen LogP contribution in [0.5, 0.6) is 0 Å². The van der Waals surface area contributed by atoms with Gasteiger partial charge in [-0.1, -0.05) is 90.5 Å². The van der Waals surface area contributed by atoms with Gasteiger partial charge < -0.3 is 0 Å². The summed E-state index contributed by atoms with van der Waals surface area (Å²) in [5.41, 5.74) is 18.7. The molecular weight excluding hydrogens is 645 g/mol. The van der Waals surface area contributed by atoms with Gasteiger partial charge in [0.05, 0.1) is 22.5 Å². The molecule has 10 rings (SSSR count). The highest BCUT2D eigenvalue weighted by molar-refractivity contribution is 6.03. The van der Waals surface area contributed by atoms with E-state index in [0.29, 0.717) is 0 Å². The monoisotopic (exact) mass is 682 g/mol. The molecular formula is C49H38N4+2. The predicted octanol–water partition coefficient (Wildman–Crippen LogP) is 10.7. The van der Waals surface area contributed by atoms with Gasteiger partial charge in [0.25, 0.3) is 0 Å². The first-order chi connectivity index (χ1) is 26.1. The number of allylic oxidation sites excluding steroid dienone is 1. The van der Waals surface area contributed by atoms with Crippen LogP contribution in [0.3, 0.4) is 0 Å². The first-order valence-corrected chi connectivity index (χ1v) is 18.5. The van der Waals surface area contributed by atoms with E-state index in [1.165, 1.54) is 50.2 Å². The smallest absolute Gasteiger partial charge is 0.218 e. The van der Waals surface area contributed by atoms with Crippen LogP contribution < -0.4 is 9.13 Å². The number of pyridine rings is 2. The number of fused-ring (bicyclic) bond motifs is 11. The van der Waals surface area contributed by atoms with E-state index in [9.17, 15) is 0 Å². The summed E-state index contributed by atoms with van der Waals surface area (Å²) in [5, 5.41) is 0. The van der Waals surface area contributed by atoms with Crippen molar-refractivity contribution in [3.63, 3.8) is 0 Å². The first kappa shape index (κ1) is 31.2. The van der Waals surface area contributed by atoms with Crippen molar-refractivity contribution in [3.05, 3.63) is 187 Å². The molecule has 0 bridgehead atoms. The molecule has 4 nitrogen and oxygen atoms in total. The SMILES string of the molecule is Cc1ccc(-c2ccc(-c3cc4c(cc3-c3ccccc3)C3C(C/C=C/[n+]5ccccc5-4)c4ccccc4-c4cc(C)cc[n+]43)c3nccnc23)cc1. The molecule has 0 N–H and O–H groups in total. The summed E-state index contributed by atoms with van der Waals surface area (Å²) in [6.07, 6.45) is 13.6. The molecule has 0 saturated carbocycles. The van der Waals surface area contributed by atoms with Gasteiger partial charge in [0.15, 0.2) is 24.6 Å². The average Bonchev–Trinajstić information content (AvgIpc) is 3.27. The molecule has 0 fully saturated rings. The lowest BCUT2D eigenvalue weighted by Crippen LogP contribution is -2.48. The molecule has 252 valence electrons. The molecule has 0 aliphatic carbocycles. The number of rotatable bonds is 3. The fourth-order valence-corrected chi connectivity index (χ4v) is 8.65. The van der Waals surface area contributed by atoms with E-state index in [0.717, 1.165) is 45.4 Å². The quantitative estimate of drug-likeness (QED) is 0.174. The van der Waals surface area contributed by atoms with Crippen molar-refractivity contribution in [3.8, 4) is 55.9 Å². The van der Waals surface area contributed by atoms with Gasteiger partial charge in [-0.2, -0.15) is 9.13 Å². The molecule has 0 radical (unpaired) electrons. The maximum Gasteiger partial charge on any atom is 0.218 e. The van der Waals surface area contributed by atoms with E-state index in [1.54, 1.807) is 0 Å². The minimum atomic E-state index is 0.0591. The molecule has 2 aliphatic rings. The van der Waals surface area contributed by atoms with Crippen molar-refractivity contribution >= 4 is 17.2 Å². The Morgan fingerprint density at radius 1 is 0.509 bits per heavy atom. The van der Waals surface area contributed by atoms with E-state index in [4.69, 9.17) is 9.97 Å². The van der Waals surface area contributed by atoms with Gasteiger partial charge in [0, 0.05) is 58.9 Å². The lowest BCUT2D eigenvalue weighted by Gasteiger charge is -2.31. The van der Waals surface area contributed by atoms with Gasteiger partial charge in [0.1, 0.15) is 0 Å². The Morgan fingerprint density at radius 3 is 2.09 bits per heavy atom. The van der Waals surface area contributed by atoms with Crippen LogP contribution in [0, 0.1) is 13.8 Å². The summed E-state index contributed by atoms with van der Waals surface area (Å²) in [4.78, 5) is 10.0. The zero-order valence-corrected chi connectivity index (χ0v) is 29.8. The lowest BCUT2D eigenvalue weighted by molar-refractivity contribution is -0.708. The minimum Gasteiger partial charge on any atom is -0.252 e. The number of hydrogen-bond acceptors (Lipinski definition) is 2. The Kier molecular flexibility index (Phi) is 7.43. The van der Waals surface area contributed by atoms with E-state index in [2.05, 4.69) is 181 Å². The maximum atomic E-state index is 5.05. The normalized spacial score (nSPS) is 16.2. The van der Waals surface area contributed by atoms with Gasteiger partial charge in [-0.05, 0) is 84.0 Å². The number of nitrogens with zero attached hydrogens (tertiary/aromatic N) is 4. The van der Waals surface area contributed by atoms with Gasteiger partial charge in [0.2, 0.25) is 11.4 Å². The van der Waals surface area contributed by atoms with Gasteiger partial charge in [-0.3, -0.25) is 9.97 Å². The lowest BCUT2D eigenvalue weighted by atomic mass is 9.75. The maximum absolute atomic E-state index is 5.05. The highest BCUT2D eigenvalue weighted by Crippen LogP contribution is 2.49. The highest BCUT2D eigenvalue weighted by atomic mass is 15.0. The summed E-state index contributed by atoms with van der Waals surface area (Å²) in [6.45, 7) is 4.32. The summed E-state index contributed by atoms with van der Waals surface area (Å²) in [7, 11) is 0. The number of aryl methyl sites for hydroxylation is 2. The summed E-state index contributed by atoms with van der Waals surface area (Å²) < 4.78 is 4.82. The van der Waals surface area contributed by atoms with Crippen molar-refractivity contribution in [2.45, 2.75) is 32.2 Å². The zero-order valence-electron chi connectivity index (χ0n) is 29.8. The van der Waals surface area contributed by atoms with Crippen LogP contribution in [-0.4, -0.2) is 9.97 Å². The third-order valence-corrected chi connectivity index (χ3v) is 11.2. The molecule has 4 heteroatoms. The van der Waals surface area contributed by atoms with Crippen molar-refractivity contribution in [1.82, 2.24) is 9.97 Å². The molecule has 2 atom stereocenters. The van der Waals surface area contributed by atoms with Gasteiger partial charge in [-0.25, -0.2) is 0 Å². The average molecular weight is 683 g/mol. The minimum absolute atomic E-state index is 0.0591. The van der Waals surface area contributed by atoms with Gasteiger partial charge in [-0.15, -0.1) is 0 Å². The predicted molar refractivity (Wildman–Crippen MR) is 214 cm³/mol. The molecule has 53 heavy (non-hydrogen) atoms. The molecule has 0 amide bonds. The third kappa shape index (κ3) is 5.21. The Labute approximate surface area is 310 Å². The third-order valence-electron chi connectivity index (χ3n) is 11.2. The molecule has 2 unspecified atom stereocenters.